The molecule has 5 heteroatoms. The van der Waals surface area contributed by atoms with Gasteiger partial charge < -0.3 is 16.4 Å². The van der Waals surface area contributed by atoms with E-state index in [1.807, 2.05) is 24.3 Å². The van der Waals surface area contributed by atoms with Crippen molar-refractivity contribution in [2.75, 3.05) is 18.0 Å². The smallest absolute Gasteiger partial charge is 0.250 e. The van der Waals surface area contributed by atoms with Crippen molar-refractivity contribution >= 4 is 17.4 Å². The van der Waals surface area contributed by atoms with Crippen molar-refractivity contribution in [2.24, 2.45) is 11.5 Å². The van der Waals surface area contributed by atoms with E-state index in [1.165, 1.54) is 0 Å². The number of anilines is 1. The zero-order chi connectivity index (χ0) is 17.1. The molecule has 1 saturated heterocycles. The highest BCUT2D eigenvalue weighted by molar-refractivity contribution is 6.11. The number of hydrogen-bond donors (Lipinski definition) is 2. The molecule has 0 unspecified atom stereocenters. The monoisotopic (exact) mass is 323 g/mol. The zero-order valence-electron chi connectivity index (χ0n) is 13.4. The van der Waals surface area contributed by atoms with Crippen LogP contribution in [0.5, 0.6) is 0 Å². The van der Waals surface area contributed by atoms with Gasteiger partial charge in [-0.05, 0) is 31.0 Å². The van der Waals surface area contributed by atoms with Crippen LogP contribution < -0.4 is 16.4 Å². The van der Waals surface area contributed by atoms with E-state index in [0.717, 1.165) is 31.6 Å². The number of ketones is 1. The Hall–Kier alpha value is -2.66. The van der Waals surface area contributed by atoms with Gasteiger partial charge in [-0.1, -0.05) is 30.3 Å². The van der Waals surface area contributed by atoms with Crippen LogP contribution in [-0.2, 0) is 0 Å². The third kappa shape index (κ3) is 3.31. The highest BCUT2D eigenvalue weighted by Crippen LogP contribution is 2.26. The normalized spacial score (nSPS) is 15.3. The molecule has 24 heavy (non-hydrogen) atoms. The number of piperidine rings is 1. The summed E-state index contributed by atoms with van der Waals surface area (Å²) in [5, 5.41) is 0. The Labute approximate surface area is 141 Å². The van der Waals surface area contributed by atoms with Crippen LogP contribution >= 0.6 is 0 Å². The molecule has 0 bridgehead atoms. The first-order valence-electron chi connectivity index (χ1n) is 8.10. The lowest BCUT2D eigenvalue weighted by molar-refractivity contribution is 0.100. The summed E-state index contributed by atoms with van der Waals surface area (Å²) in [6, 6.07) is 14.4. The Morgan fingerprint density at radius 2 is 1.62 bits per heavy atom. The van der Waals surface area contributed by atoms with Gasteiger partial charge in [0.25, 0.3) is 5.91 Å². The van der Waals surface area contributed by atoms with Crippen molar-refractivity contribution in [2.45, 2.75) is 18.9 Å². The second-order valence-corrected chi connectivity index (χ2v) is 6.12. The maximum atomic E-state index is 12.6. The maximum absolute atomic E-state index is 12.6. The number of nitrogens with two attached hydrogens (primary N) is 2. The molecule has 2 aromatic carbocycles. The van der Waals surface area contributed by atoms with Crippen LogP contribution in [0.15, 0.2) is 48.5 Å². The van der Waals surface area contributed by atoms with Crippen molar-refractivity contribution in [1.82, 2.24) is 0 Å². The second-order valence-electron chi connectivity index (χ2n) is 6.12. The molecule has 0 aromatic heterocycles. The molecule has 2 aromatic rings. The summed E-state index contributed by atoms with van der Waals surface area (Å²) < 4.78 is 0. The lowest BCUT2D eigenvalue weighted by atomic mass is 9.98. The van der Waals surface area contributed by atoms with E-state index in [2.05, 4.69) is 4.90 Å². The predicted octanol–water partition coefficient (Wildman–Crippen LogP) is 1.94. The van der Waals surface area contributed by atoms with E-state index in [4.69, 9.17) is 11.5 Å². The first kappa shape index (κ1) is 16.2. The Kier molecular flexibility index (Phi) is 4.62. The minimum absolute atomic E-state index is 0.120. The van der Waals surface area contributed by atoms with E-state index in [1.54, 1.807) is 24.3 Å². The van der Waals surface area contributed by atoms with Crippen LogP contribution in [0.4, 0.5) is 5.69 Å². The fourth-order valence-corrected chi connectivity index (χ4v) is 3.05. The molecule has 1 heterocycles. The molecule has 0 aliphatic carbocycles. The second kappa shape index (κ2) is 6.84. The number of hydrogen-bond acceptors (Lipinski definition) is 4. The summed E-state index contributed by atoms with van der Waals surface area (Å²) in [4.78, 5) is 26.6. The van der Waals surface area contributed by atoms with Crippen molar-refractivity contribution in [3.05, 3.63) is 65.2 Å². The molecule has 0 atom stereocenters. The highest BCUT2D eigenvalue weighted by Gasteiger charge is 2.21. The summed E-state index contributed by atoms with van der Waals surface area (Å²) in [5.74, 6) is -0.645. The SMILES string of the molecule is NC(=O)c1cc(C(=O)c2ccccc2)ccc1N1CCC(N)CC1. The van der Waals surface area contributed by atoms with Gasteiger partial charge in [-0.3, -0.25) is 9.59 Å². The largest absolute Gasteiger partial charge is 0.371 e. The van der Waals surface area contributed by atoms with E-state index in [0.29, 0.717) is 16.7 Å². The van der Waals surface area contributed by atoms with Crippen LogP contribution in [0.25, 0.3) is 0 Å². The number of carbonyl (C=O) groups is 2. The molecule has 0 saturated carbocycles. The Balaban J connectivity index is 1.93. The first-order valence-corrected chi connectivity index (χ1v) is 8.10. The van der Waals surface area contributed by atoms with Gasteiger partial charge in [0.15, 0.2) is 5.78 Å². The van der Waals surface area contributed by atoms with Crippen LogP contribution in [0.3, 0.4) is 0 Å². The van der Waals surface area contributed by atoms with Crippen molar-refractivity contribution in [1.29, 1.82) is 0 Å². The van der Waals surface area contributed by atoms with Gasteiger partial charge in [-0.25, -0.2) is 0 Å². The van der Waals surface area contributed by atoms with Crippen molar-refractivity contribution < 1.29 is 9.59 Å². The van der Waals surface area contributed by atoms with E-state index in [9.17, 15) is 9.59 Å². The molecule has 1 fully saturated rings. The summed E-state index contributed by atoms with van der Waals surface area (Å²) >= 11 is 0. The minimum Gasteiger partial charge on any atom is -0.371 e. The van der Waals surface area contributed by atoms with Gasteiger partial charge in [0.2, 0.25) is 0 Å². The predicted molar refractivity (Wildman–Crippen MR) is 94.3 cm³/mol. The van der Waals surface area contributed by atoms with Gasteiger partial charge >= 0.3 is 0 Å². The molecule has 0 radical (unpaired) electrons. The number of carbonyl (C=O) groups excluding carboxylic acids is 2. The standard InChI is InChI=1S/C19H21N3O2/c20-15-8-10-22(11-9-15)17-7-6-14(12-16(17)19(21)24)18(23)13-4-2-1-3-5-13/h1-7,12,15H,8-11,20H2,(H2,21,24). The molecule has 3 rings (SSSR count). The summed E-state index contributed by atoms with van der Waals surface area (Å²) in [6.45, 7) is 1.57. The van der Waals surface area contributed by atoms with Gasteiger partial charge in [-0.15, -0.1) is 0 Å². The van der Waals surface area contributed by atoms with Crippen LogP contribution in [-0.4, -0.2) is 30.8 Å². The maximum Gasteiger partial charge on any atom is 0.250 e. The number of benzene rings is 2. The van der Waals surface area contributed by atoms with Crippen LogP contribution in [0.2, 0.25) is 0 Å². The summed E-state index contributed by atoms with van der Waals surface area (Å²) in [6.07, 6.45) is 1.76. The number of amides is 1. The van der Waals surface area contributed by atoms with Crippen LogP contribution in [0, 0.1) is 0 Å². The lowest BCUT2D eigenvalue weighted by Gasteiger charge is -2.33. The molecule has 1 aliphatic rings. The average molecular weight is 323 g/mol. The van der Waals surface area contributed by atoms with Gasteiger partial charge in [0.1, 0.15) is 0 Å². The van der Waals surface area contributed by atoms with Gasteiger partial charge in [-0.2, -0.15) is 0 Å². The van der Waals surface area contributed by atoms with Crippen molar-refractivity contribution in [3.63, 3.8) is 0 Å². The molecule has 1 amide bonds. The van der Waals surface area contributed by atoms with Crippen molar-refractivity contribution in [3.8, 4) is 0 Å². The molecule has 4 N–H and O–H groups in total. The Morgan fingerprint density at radius 1 is 0.958 bits per heavy atom. The topological polar surface area (TPSA) is 89.4 Å². The average Bonchev–Trinajstić information content (AvgIpc) is 2.62. The molecular weight excluding hydrogens is 302 g/mol. The molecule has 1 aliphatic heterocycles. The lowest BCUT2D eigenvalue weighted by Crippen LogP contribution is -2.40. The highest BCUT2D eigenvalue weighted by atomic mass is 16.1. The fraction of sp³-hybridized carbons (Fsp3) is 0.263. The number of rotatable bonds is 4. The number of nitrogens with zero attached hydrogens (tertiary/aromatic N) is 1. The molecule has 124 valence electrons. The molecule has 0 spiro atoms. The third-order valence-electron chi connectivity index (χ3n) is 4.44. The first-order chi connectivity index (χ1) is 11.6. The van der Waals surface area contributed by atoms with Gasteiger partial charge in [0.05, 0.1) is 5.56 Å². The van der Waals surface area contributed by atoms with E-state index in [-0.39, 0.29) is 11.8 Å². The Bertz CT molecular complexity index is 750. The number of primary amides is 1. The fourth-order valence-electron chi connectivity index (χ4n) is 3.05. The molecule has 5 nitrogen and oxygen atoms in total. The molecular formula is C19H21N3O2. The summed E-state index contributed by atoms with van der Waals surface area (Å²) in [7, 11) is 0. The van der Waals surface area contributed by atoms with E-state index >= 15 is 0 Å². The minimum atomic E-state index is -0.525. The zero-order valence-corrected chi connectivity index (χ0v) is 13.4. The van der Waals surface area contributed by atoms with Crippen LogP contribution in [0.1, 0.15) is 39.1 Å². The van der Waals surface area contributed by atoms with Gasteiger partial charge in [0, 0.05) is 35.9 Å². The summed E-state index contributed by atoms with van der Waals surface area (Å²) in [5.41, 5.74) is 13.7. The quantitative estimate of drug-likeness (QED) is 0.842. The third-order valence-corrected chi connectivity index (χ3v) is 4.44. The van der Waals surface area contributed by atoms with E-state index < -0.39 is 5.91 Å². The Morgan fingerprint density at radius 3 is 2.25 bits per heavy atom.